The highest BCUT2D eigenvalue weighted by atomic mass is 16.3. The molecular formula is C15H18N4O2. The number of aromatic nitrogens is 2. The minimum Gasteiger partial charge on any atom is -0.389 e. The predicted octanol–water partition coefficient (Wildman–Crippen LogP) is 2.16. The Balaban J connectivity index is 1.85. The number of benzene rings is 1. The van der Waals surface area contributed by atoms with Crippen molar-refractivity contribution in [1.29, 1.82) is 0 Å². The largest absolute Gasteiger partial charge is 0.389 e. The van der Waals surface area contributed by atoms with E-state index in [0.717, 1.165) is 11.3 Å². The van der Waals surface area contributed by atoms with Crippen molar-refractivity contribution in [3.8, 4) is 0 Å². The van der Waals surface area contributed by atoms with E-state index in [4.69, 9.17) is 0 Å². The van der Waals surface area contributed by atoms with Crippen LogP contribution < -0.4 is 10.6 Å². The highest BCUT2D eigenvalue weighted by Crippen LogP contribution is 2.15. The van der Waals surface area contributed by atoms with Gasteiger partial charge < -0.3 is 15.7 Å². The van der Waals surface area contributed by atoms with Gasteiger partial charge in [0.1, 0.15) is 0 Å². The molecule has 2 aromatic rings. The van der Waals surface area contributed by atoms with Crippen molar-refractivity contribution in [1.82, 2.24) is 15.3 Å². The summed E-state index contributed by atoms with van der Waals surface area (Å²) in [5, 5.41) is 14.8. The highest BCUT2D eigenvalue weighted by molar-refractivity contribution is 5.89. The van der Waals surface area contributed by atoms with Gasteiger partial charge >= 0.3 is 6.03 Å². The van der Waals surface area contributed by atoms with Crippen molar-refractivity contribution in [3.05, 3.63) is 53.6 Å². The molecule has 1 unspecified atom stereocenters. The average molecular weight is 286 g/mol. The second-order valence-electron chi connectivity index (χ2n) is 4.75. The summed E-state index contributed by atoms with van der Waals surface area (Å²) in [4.78, 5) is 20.0. The van der Waals surface area contributed by atoms with Gasteiger partial charge in [0, 0.05) is 11.9 Å². The third-order valence-electron chi connectivity index (χ3n) is 2.92. The number of nitrogens with one attached hydrogen (secondary N) is 2. The molecule has 3 N–H and O–H groups in total. The number of anilines is 1. The lowest BCUT2D eigenvalue weighted by atomic mass is 10.1. The van der Waals surface area contributed by atoms with Gasteiger partial charge in [0.25, 0.3) is 0 Å². The number of hydrogen-bond donors (Lipinski definition) is 3. The molecule has 1 heterocycles. The molecule has 2 rings (SSSR count). The van der Waals surface area contributed by atoms with Gasteiger partial charge in [-0.05, 0) is 31.5 Å². The van der Waals surface area contributed by atoms with Crippen LogP contribution in [0.1, 0.15) is 30.0 Å². The van der Waals surface area contributed by atoms with Crippen LogP contribution >= 0.6 is 0 Å². The van der Waals surface area contributed by atoms with Gasteiger partial charge in [-0.2, -0.15) is 0 Å². The predicted molar refractivity (Wildman–Crippen MR) is 79.7 cm³/mol. The molecule has 0 fully saturated rings. The summed E-state index contributed by atoms with van der Waals surface area (Å²) in [6, 6.07) is 6.71. The molecule has 0 aliphatic rings. The maximum absolute atomic E-state index is 11.8. The fourth-order valence-corrected chi connectivity index (χ4v) is 1.70. The topological polar surface area (TPSA) is 87.1 Å². The molecule has 0 saturated heterocycles. The lowest BCUT2D eigenvalue weighted by Gasteiger charge is -2.09. The first-order valence-corrected chi connectivity index (χ1v) is 6.65. The lowest BCUT2D eigenvalue weighted by Crippen LogP contribution is -2.28. The molecule has 21 heavy (non-hydrogen) atoms. The van der Waals surface area contributed by atoms with Crippen molar-refractivity contribution in [2.75, 3.05) is 5.32 Å². The van der Waals surface area contributed by atoms with Gasteiger partial charge in [-0.25, -0.2) is 4.79 Å². The summed E-state index contributed by atoms with van der Waals surface area (Å²) in [5.74, 6) is 0. The molecule has 0 radical (unpaired) electrons. The minimum absolute atomic E-state index is 0.310. The first kappa shape index (κ1) is 14.9. The zero-order valence-corrected chi connectivity index (χ0v) is 12.0. The Morgan fingerprint density at radius 3 is 2.52 bits per heavy atom. The smallest absolute Gasteiger partial charge is 0.319 e. The summed E-state index contributed by atoms with van der Waals surface area (Å²) in [7, 11) is 0. The van der Waals surface area contributed by atoms with Crippen LogP contribution in [0.5, 0.6) is 0 Å². The lowest BCUT2D eigenvalue weighted by molar-refractivity contribution is 0.199. The van der Waals surface area contributed by atoms with Crippen molar-refractivity contribution >= 4 is 11.7 Å². The molecule has 6 heteroatoms. The third kappa shape index (κ3) is 4.54. The molecule has 0 aliphatic carbocycles. The Bertz CT molecular complexity index is 594. The molecule has 1 atom stereocenters. The number of urea groups is 1. The molecular weight excluding hydrogens is 268 g/mol. The highest BCUT2D eigenvalue weighted by Gasteiger charge is 2.04. The van der Waals surface area contributed by atoms with Crippen molar-refractivity contribution < 1.29 is 9.90 Å². The summed E-state index contributed by atoms with van der Waals surface area (Å²) in [5.41, 5.74) is 2.99. The van der Waals surface area contributed by atoms with E-state index in [9.17, 15) is 9.90 Å². The summed E-state index contributed by atoms with van der Waals surface area (Å²) in [6.07, 6.45) is 2.77. The maximum atomic E-state index is 11.8. The molecule has 0 aliphatic heterocycles. The van der Waals surface area contributed by atoms with E-state index in [-0.39, 0.29) is 6.03 Å². The van der Waals surface area contributed by atoms with Crippen LogP contribution in [-0.2, 0) is 6.54 Å². The molecule has 0 saturated carbocycles. The van der Waals surface area contributed by atoms with Gasteiger partial charge in [-0.15, -0.1) is 0 Å². The second kappa shape index (κ2) is 6.81. The molecule has 0 spiro atoms. The average Bonchev–Trinajstić information content (AvgIpc) is 2.47. The van der Waals surface area contributed by atoms with Crippen LogP contribution in [0.2, 0.25) is 0 Å². The summed E-state index contributed by atoms with van der Waals surface area (Å²) < 4.78 is 0. The van der Waals surface area contributed by atoms with Crippen molar-refractivity contribution in [3.63, 3.8) is 0 Å². The SMILES string of the molecule is Cc1cnc(CNC(=O)Nc2ccc(C(C)O)cc2)cn1. The van der Waals surface area contributed by atoms with Crippen LogP contribution in [0, 0.1) is 6.92 Å². The van der Waals surface area contributed by atoms with Gasteiger partial charge in [-0.1, -0.05) is 12.1 Å². The van der Waals surface area contributed by atoms with Crippen LogP contribution in [0.15, 0.2) is 36.7 Å². The summed E-state index contributed by atoms with van der Waals surface area (Å²) in [6.45, 7) is 3.86. The Morgan fingerprint density at radius 1 is 1.24 bits per heavy atom. The number of carbonyl (C=O) groups excluding carboxylic acids is 1. The summed E-state index contributed by atoms with van der Waals surface area (Å²) >= 11 is 0. The standard InChI is InChI=1S/C15H18N4O2/c1-10-7-17-14(8-16-10)9-18-15(21)19-13-5-3-12(4-6-13)11(2)20/h3-8,11,20H,9H2,1-2H3,(H2,18,19,21). The van der Waals surface area contributed by atoms with Crippen LogP contribution in [0.4, 0.5) is 10.5 Å². The van der Waals surface area contributed by atoms with E-state index in [0.29, 0.717) is 17.9 Å². The van der Waals surface area contributed by atoms with E-state index in [1.165, 1.54) is 0 Å². The normalized spacial score (nSPS) is 11.8. The minimum atomic E-state index is -0.520. The molecule has 1 aromatic carbocycles. The molecule has 2 amide bonds. The van der Waals surface area contributed by atoms with Crippen LogP contribution in [-0.4, -0.2) is 21.1 Å². The Morgan fingerprint density at radius 2 is 1.95 bits per heavy atom. The molecule has 1 aromatic heterocycles. The number of aryl methyl sites for hydroxylation is 1. The fourth-order valence-electron chi connectivity index (χ4n) is 1.70. The molecule has 110 valence electrons. The van der Waals surface area contributed by atoms with Gasteiger partial charge in [0.2, 0.25) is 0 Å². The van der Waals surface area contributed by atoms with E-state index < -0.39 is 6.10 Å². The first-order valence-electron chi connectivity index (χ1n) is 6.65. The second-order valence-corrected chi connectivity index (χ2v) is 4.75. The van der Waals surface area contributed by atoms with E-state index >= 15 is 0 Å². The number of nitrogens with zero attached hydrogens (tertiary/aromatic N) is 2. The number of amides is 2. The zero-order valence-electron chi connectivity index (χ0n) is 12.0. The monoisotopic (exact) mass is 286 g/mol. The fraction of sp³-hybridized carbons (Fsp3) is 0.267. The van der Waals surface area contributed by atoms with Gasteiger partial charge in [0.15, 0.2) is 0 Å². The van der Waals surface area contributed by atoms with Crippen LogP contribution in [0.25, 0.3) is 0 Å². The quantitative estimate of drug-likeness (QED) is 0.803. The van der Waals surface area contributed by atoms with Crippen molar-refractivity contribution in [2.24, 2.45) is 0 Å². The first-order chi connectivity index (χ1) is 10.0. The zero-order chi connectivity index (χ0) is 15.2. The Labute approximate surface area is 123 Å². The van der Waals surface area contributed by atoms with Gasteiger partial charge in [-0.3, -0.25) is 9.97 Å². The number of hydrogen-bond acceptors (Lipinski definition) is 4. The van der Waals surface area contributed by atoms with E-state index in [1.807, 2.05) is 6.92 Å². The van der Waals surface area contributed by atoms with E-state index in [2.05, 4.69) is 20.6 Å². The number of rotatable bonds is 4. The Kier molecular flexibility index (Phi) is 4.84. The maximum Gasteiger partial charge on any atom is 0.319 e. The molecule has 6 nitrogen and oxygen atoms in total. The molecule has 0 bridgehead atoms. The Hall–Kier alpha value is -2.47. The number of aliphatic hydroxyl groups excluding tert-OH is 1. The van der Waals surface area contributed by atoms with Crippen molar-refractivity contribution in [2.45, 2.75) is 26.5 Å². The number of aliphatic hydroxyl groups is 1. The van der Waals surface area contributed by atoms with E-state index in [1.54, 1.807) is 43.6 Å². The number of carbonyl (C=O) groups is 1. The van der Waals surface area contributed by atoms with Crippen LogP contribution in [0.3, 0.4) is 0 Å². The third-order valence-corrected chi connectivity index (χ3v) is 2.92. The van der Waals surface area contributed by atoms with Gasteiger partial charge in [0.05, 0.1) is 30.2 Å².